The maximum Gasteiger partial charge on any atom is 0.150 e. The monoisotopic (exact) mass is 465 g/mol. The molecule has 0 aliphatic heterocycles. The second kappa shape index (κ2) is 19.4. The predicted octanol–water partition coefficient (Wildman–Crippen LogP) is 10.6. The molecule has 0 saturated carbocycles. The maximum absolute atomic E-state index is 6.31. The van der Waals surface area contributed by atoms with Gasteiger partial charge >= 0.3 is 0 Å². The average Bonchev–Trinajstić information content (AvgIpc) is 2.87. The van der Waals surface area contributed by atoms with Gasteiger partial charge in [-0.3, -0.25) is 0 Å². The van der Waals surface area contributed by atoms with Crippen LogP contribution in [0, 0.1) is 0 Å². The van der Waals surface area contributed by atoms with Gasteiger partial charge in [0, 0.05) is 13.1 Å². The quantitative estimate of drug-likeness (QED) is 0.170. The summed E-state index contributed by atoms with van der Waals surface area (Å²) in [6, 6.07) is 18.8. The third kappa shape index (κ3) is 12.5. The zero-order chi connectivity index (χ0) is 24.1. The van der Waals surface area contributed by atoms with Crippen LogP contribution in [0.2, 0.25) is 0 Å². The molecule has 0 spiro atoms. The summed E-state index contributed by atoms with van der Waals surface area (Å²) in [5, 5.41) is 0. The van der Waals surface area contributed by atoms with Crippen LogP contribution in [0.15, 0.2) is 54.6 Å². The maximum atomic E-state index is 6.31. The van der Waals surface area contributed by atoms with E-state index < -0.39 is 0 Å². The van der Waals surface area contributed by atoms with Crippen LogP contribution in [0.5, 0.6) is 11.5 Å². The van der Waals surface area contributed by atoms with Crippen LogP contribution in [-0.4, -0.2) is 13.1 Å². The van der Waals surface area contributed by atoms with E-state index in [1.807, 2.05) is 30.3 Å². The Balaban J connectivity index is 1.87. The first kappa shape index (κ1) is 28.3. The summed E-state index contributed by atoms with van der Waals surface area (Å²) in [6.45, 7) is 6.84. The molecular weight excluding hydrogens is 414 g/mol. The van der Waals surface area contributed by atoms with E-state index in [1.54, 1.807) is 0 Å². The summed E-state index contributed by atoms with van der Waals surface area (Å²) in [5.41, 5.74) is 1.25. The summed E-state index contributed by atoms with van der Waals surface area (Å²) in [4.78, 5) is 2.59. The lowest BCUT2D eigenvalue weighted by molar-refractivity contribution is 0.479. The smallest absolute Gasteiger partial charge is 0.150 e. The van der Waals surface area contributed by atoms with Crippen molar-refractivity contribution in [2.75, 3.05) is 18.0 Å². The second-order valence-corrected chi connectivity index (χ2v) is 9.82. The molecule has 0 amide bonds. The summed E-state index contributed by atoms with van der Waals surface area (Å²) in [6.07, 6.45) is 21.8. The van der Waals surface area contributed by atoms with Crippen molar-refractivity contribution in [2.45, 2.75) is 117 Å². The van der Waals surface area contributed by atoms with Crippen LogP contribution in [0.4, 0.5) is 5.69 Å². The molecule has 2 aromatic carbocycles. The second-order valence-electron chi connectivity index (χ2n) is 9.82. The Morgan fingerprint density at radius 2 is 0.941 bits per heavy atom. The van der Waals surface area contributed by atoms with Crippen LogP contribution in [0.25, 0.3) is 0 Å². The van der Waals surface area contributed by atoms with Crippen molar-refractivity contribution in [3.05, 3.63) is 54.6 Å². The minimum Gasteiger partial charge on any atom is -0.455 e. The van der Waals surface area contributed by atoms with Gasteiger partial charge in [0.05, 0.1) is 5.69 Å². The van der Waals surface area contributed by atoms with E-state index >= 15 is 0 Å². The van der Waals surface area contributed by atoms with Crippen molar-refractivity contribution in [3.63, 3.8) is 0 Å². The number of nitrogens with zero attached hydrogens (tertiary/aromatic N) is 1. The first-order chi connectivity index (χ1) is 16.8. The molecule has 0 N–H and O–H groups in total. The van der Waals surface area contributed by atoms with Crippen molar-refractivity contribution in [2.24, 2.45) is 0 Å². The molecule has 0 aliphatic carbocycles. The number of hydrogen-bond donors (Lipinski definition) is 0. The van der Waals surface area contributed by atoms with Gasteiger partial charge in [-0.1, -0.05) is 134 Å². The Hall–Kier alpha value is -1.96. The highest BCUT2D eigenvalue weighted by Crippen LogP contribution is 2.32. The summed E-state index contributed by atoms with van der Waals surface area (Å²) < 4.78 is 6.31. The van der Waals surface area contributed by atoms with Crippen LogP contribution < -0.4 is 9.64 Å². The zero-order valence-corrected chi connectivity index (χ0v) is 22.3. The molecular formula is C32H51NO. The van der Waals surface area contributed by atoms with Crippen LogP contribution in [0.3, 0.4) is 0 Å². The molecule has 190 valence electrons. The van der Waals surface area contributed by atoms with Crippen molar-refractivity contribution in [3.8, 4) is 11.5 Å². The molecule has 0 aliphatic rings. The fraction of sp³-hybridized carbons (Fsp3) is 0.625. The first-order valence-electron chi connectivity index (χ1n) is 14.4. The lowest BCUT2D eigenvalue weighted by Crippen LogP contribution is -2.26. The number of anilines is 1. The normalized spacial score (nSPS) is 11.0. The third-order valence-corrected chi connectivity index (χ3v) is 6.74. The molecule has 0 unspecified atom stereocenters. The molecule has 34 heavy (non-hydrogen) atoms. The van der Waals surface area contributed by atoms with Crippen LogP contribution in [0.1, 0.15) is 117 Å². The molecule has 0 aromatic heterocycles. The summed E-state index contributed by atoms with van der Waals surface area (Å²) in [5.74, 6) is 1.89. The van der Waals surface area contributed by atoms with Gasteiger partial charge < -0.3 is 9.64 Å². The number of ether oxygens (including phenoxy) is 1. The minimum absolute atomic E-state index is 0.911. The molecule has 0 radical (unpaired) electrons. The first-order valence-corrected chi connectivity index (χ1v) is 14.4. The van der Waals surface area contributed by atoms with E-state index in [2.05, 4.69) is 43.0 Å². The highest BCUT2D eigenvalue weighted by molar-refractivity contribution is 5.59. The zero-order valence-electron chi connectivity index (χ0n) is 22.3. The van der Waals surface area contributed by atoms with E-state index in [-0.39, 0.29) is 0 Å². The van der Waals surface area contributed by atoms with Crippen LogP contribution in [-0.2, 0) is 0 Å². The molecule has 0 heterocycles. The van der Waals surface area contributed by atoms with Gasteiger partial charge in [-0.2, -0.15) is 0 Å². The summed E-state index contributed by atoms with van der Waals surface area (Å²) in [7, 11) is 0. The van der Waals surface area contributed by atoms with Gasteiger partial charge in [0.25, 0.3) is 0 Å². The van der Waals surface area contributed by atoms with Gasteiger partial charge in [-0.25, -0.2) is 0 Å². The van der Waals surface area contributed by atoms with E-state index in [0.29, 0.717) is 0 Å². The molecule has 0 fully saturated rings. The standard InChI is InChI=1S/C32H51NO/c1-3-5-7-9-11-13-15-22-28-33(29-23-16-14-12-10-8-6-4-2)31-26-20-21-27-32(31)34-30-24-18-17-19-25-30/h17-21,24-27H,3-16,22-23,28-29H2,1-2H3. The van der Waals surface area contributed by atoms with E-state index in [9.17, 15) is 0 Å². The molecule has 2 aromatic rings. The average molecular weight is 466 g/mol. The van der Waals surface area contributed by atoms with Gasteiger partial charge in [0.1, 0.15) is 5.75 Å². The van der Waals surface area contributed by atoms with E-state index in [4.69, 9.17) is 4.74 Å². The fourth-order valence-corrected chi connectivity index (χ4v) is 4.65. The Morgan fingerprint density at radius 3 is 1.47 bits per heavy atom. The van der Waals surface area contributed by atoms with E-state index in [0.717, 1.165) is 24.6 Å². The lowest BCUT2D eigenvalue weighted by Gasteiger charge is -2.27. The highest BCUT2D eigenvalue weighted by Gasteiger charge is 2.12. The summed E-state index contributed by atoms with van der Waals surface area (Å²) >= 11 is 0. The number of para-hydroxylation sites is 3. The number of rotatable bonds is 21. The van der Waals surface area contributed by atoms with Crippen molar-refractivity contribution in [1.82, 2.24) is 0 Å². The SMILES string of the molecule is CCCCCCCCCCN(CCCCCCCCCC)c1ccccc1Oc1ccccc1. The van der Waals surface area contributed by atoms with Crippen molar-refractivity contribution < 1.29 is 4.74 Å². The molecule has 0 bridgehead atoms. The Morgan fingerprint density at radius 1 is 0.500 bits per heavy atom. The Kier molecular flexibility index (Phi) is 16.1. The van der Waals surface area contributed by atoms with Gasteiger partial charge in [-0.05, 0) is 37.1 Å². The third-order valence-electron chi connectivity index (χ3n) is 6.74. The molecule has 2 heteroatoms. The molecule has 0 atom stereocenters. The van der Waals surface area contributed by atoms with Crippen molar-refractivity contribution >= 4 is 5.69 Å². The lowest BCUT2D eigenvalue weighted by atomic mass is 10.1. The van der Waals surface area contributed by atoms with E-state index in [1.165, 1.54) is 108 Å². The molecule has 0 saturated heterocycles. The highest BCUT2D eigenvalue weighted by atomic mass is 16.5. The predicted molar refractivity (Wildman–Crippen MR) is 150 cm³/mol. The fourth-order valence-electron chi connectivity index (χ4n) is 4.65. The molecule has 2 nitrogen and oxygen atoms in total. The largest absolute Gasteiger partial charge is 0.455 e. The Labute approximate surface area is 211 Å². The Bertz CT molecular complexity index is 694. The topological polar surface area (TPSA) is 12.5 Å². The number of hydrogen-bond acceptors (Lipinski definition) is 2. The minimum atomic E-state index is 0.911. The van der Waals surface area contributed by atoms with Gasteiger partial charge in [-0.15, -0.1) is 0 Å². The number of benzene rings is 2. The van der Waals surface area contributed by atoms with Crippen LogP contribution >= 0.6 is 0 Å². The molecule has 2 rings (SSSR count). The van der Waals surface area contributed by atoms with Gasteiger partial charge in [0.15, 0.2) is 5.75 Å². The van der Waals surface area contributed by atoms with Crippen molar-refractivity contribution in [1.29, 1.82) is 0 Å². The number of unbranched alkanes of at least 4 members (excludes halogenated alkanes) is 14. The van der Waals surface area contributed by atoms with Gasteiger partial charge in [0.2, 0.25) is 0 Å².